The molecule has 0 bridgehead atoms. The van der Waals surface area contributed by atoms with Crippen molar-refractivity contribution >= 4 is 28.3 Å². The smallest absolute Gasteiger partial charge is 0.159 e. The Balaban J connectivity index is 4.87. The Morgan fingerprint density at radius 2 is 1.50 bits per heavy atom. The van der Waals surface area contributed by atoms with Crippen LogP contribution in [0.4, 0.5) is 0 Å². The second-order valence-corrected chi connectivity index (χ2v) is 9.00. The highest BCUT2D eigenvalue weighted by Crippen LogP contribution is 2.27. The first kappa shape index (κ1) is 19.5. The molecule has 0 aromatic carbocycles. The molecule has 0 aliphatic rings. The molecule has 0 heterocycles. The van der Waals surface area contributed by atoms with E-state index in [4.69, 9.17) is 12.2 Å². The molecule has 0 saturated carbocycles. The van der Waals surface area contributed by atoms with Crippen molar-refractivity contribution in [2.75, 3.05) is 6.26 Å². The van der Waals surface area contributed by atoms with Gasteiger partial charge in [-0.25, -0.2) is 5.01 Å². The molecule has 116 valence electrons. The second kappa shape index (κ2) is 7.51. The van der Waals surface area contributed by atoms with Crippen molar-refractivity contribution in [3.8, 4) is 0 Å². The number of nitrogens with one attached hydrogen (secondary N) is 1. The molecule has 2 nitrogen and oxygen atoms in total. The van der Waals surface area contributed by atoms with Crippen LogP contribution in [0.15, 0.2) is 24.6 Å². The van der Waals surface area contributed by atoms with Gasteiger partial charge < -0.3 is 0 Å². The van der Waals surface area contributed by atoms with Crippen LogP contribution in [-0.2, 0) is 0 Å². The van der Waals surface area contributed by atoms with Crippen LogP contribution >= 0.6 is 24.0 Å². The van der Waals surface area contributed by atoms with Gasteiger partial charge >= 0.3 is 0 Å². The van der Waals surface area contributed by atoms with Crippen LogP contribution in [0.1, 0.15) is 54.4 Å². The van der Waals surface area contributed by atoms with Gasteiger partial charge in [0.25, 0.3) is 0 Å². The van der Waals surface area contributed by atoms with E-state index >= 15 is 0 Å². The van der Waals surface area contributed by atoms with Crippen LogP contribution in [0.5, 0.6) is 0 Å². The molecule has 0 radical (unpaired) electrons. The van der Waals surface area contributed by atoms with E-state index in [1.807, 2.05) is 11.3 Å². The molecule has 0 aliphatic carbocycles. The Labute approximate surface area is 135 Å². The van der Waals surface area contributed by atoms with Crippen molar-refractivity contribution in [1.29, 1.82) is 0 Å². The highest BCUT2D eigenvalue weighted by molar-refractivity contribution is 8.22. The van der Waals surface area contributed by atoms with Crippen molar-refractivity contribution in [3.63, 3.8) is 0 Å². The lowest BCUT2D eigenvalue weighted by Gasteiger charge is -2.33. The third-order valence-electron chi connectivity index (χ3n) is 2.42. The lowest BCUT2D eigenvalue weighted by Crippen LogP contribution is -2.40. The Morgan fingerprint density at radius 3 is 1.85 bits per heavy atom. The van der Waals surface area contributed by atoms with E-state index in [0.717, 1.165) is 28.6 Å². The molecule has 0 rings (SSSR count). The van der Waals surface area contributed by atoms with E-state index in [2.05, 4.69) is 60.1 Å². The minimum absolute atomic E-state index is 0.177. The minimum Gasteiger partial charge on any atom is -0.298 e. The summed E-state index contributed by atoms with van der Waals surface area (Å²) in [6, 6.07) is 0. The largest absolute Gasteiger partial charge is 0.298 e. The molecule has 4 heteroatoms. The fourth-order valence-corrected chi connectivity index (χ4v) is 2.41. The van der Waals surface area contributed by atoms with Crippen molar-refractivity contribution in [2.45, 2.75) is 54.4 Å². The Bertz CT molecular complexity index is 373. The van der Waals surface area contributed by atoms with Gasteiger partial charge in [-0.15, -0.1) is 0 Å². The van der Waals surface area contributed by atoms with Crippen LogP contribution < -0.4 is 5.43 Å². The first-order valence-corrected chi connectivity index (χ1v) is 8.49. The molecule has 0 spiro atoms. The number of thioether (sulfide) groups is 1. The van der Waals surface area contributed by atoms with Crippen molar-refractivity contribution in [3.05, 3.63) is 24.6 Å². The minimum atomic E-state index is 0.177. The SMILES string of the molecule is C=C(CC(C)(C)C)NN(C(=C)CC(C)(C)C)C(=S)SC. The third-order valence-corrected chi connectivity index (χ3v) is 3.64. The second-order valence-electron chi connectivity index (χ2n) is 7.56. The molecule has 20 heavy (non-hydrogen) atoms. The van der Waals surface area contributed by atoms with Crippen molar-refractivity contribution < 1.29 is 0 Å². The number of nitrogens with zero attached hydrogens (tertiary/aromatic N) is 1. The van der Waals surface area contributed by atoms with Gasteiger partial charge in [0, 0.05) is 11.4 Å². The molecular formula is C16H30N2S2. The highest BCUT2D eigenvalue weighted by Gasteiger charge is 2.21. The normalized spacial score (nSPS) is 11.9. The zero-order valence-corrected chi connectivity index (χ0v) is 15.7. The van der Waals surface area contributed by atoms with E-state index in [1.165, 1.54) is 0 Å². The van der Waals surface area contributed by atoms with Gasteiger partial charge in [-0.05, 0) is 29.9 Å². The van der Waals surface area contributed by atoms with Gasteiger partial charge in [0.1, 0.15) is 0 Å². The Hall–Kier alpha value is -0.480. The summed E-state index contributed by atoms with van der Waals surface area (Å²) in [4.78, 5) is 0. The number of hydrogen-bond donors (Lipinski definition) is 1. The molecule has 0 aliphatic heterocycles. The average Bonchev–Trinajstić information content (AvgIpc) is 2.19. The maximum Gasteiger partial charge on any atom is 0.159 e. The summed E-state index contributed by atoms with van der Waals surface area (Å²) in [5.74, 6) is 0. The van der Waals surface area contributed by atoms with Crippen LogP contribution in [0.25, 0.3) is 0 Å². The summed E-state index contributed by atoms with van der Waals surface area (Å²) in [5, 5.41) is 1.90. The van der Waals surface area contributed by atoms with Gasteiger partial charge in [0.15, 0.2) is 4.32 Å². The maximum absolute atomic E-state index is 5.43. The van der Waals surface area contributed by atoms with E-state index in [9.17, 15) is 0 Å². The fraction of sp³-hybridized carbons (Fsp3) is 0.688. The van der Waals surface area contributed by atoms with Crippen LogP contribution in [0.2, 0.25) is 0 Å². The summed E-state index contributed by atoms with van der Waals surface area (Å²) < 4.78 is 0.773. The lowest BCUT2D eigenvalue weighted by molar-refractivity contribution is 0.318. The number of thiocarbonyl (C=S) groups is 1. The van der Waals surface area contributed by atoms with Crippen LogP contribution in [0, 0.1) is 10.8 Å². The first-order valence-electron chi connectivity index (χ1n) is 6.86. The molecule has 0 atom stereocenters. The van der Waals surface area contributed by atoms with Gasteiger partial charge in [0.05, 0.1) is 0 Å². The molecule has 0 unspecified atom stereocenters. The molecular weight excluding hydrogens is 284 g/mol. The van der Waals surface area contributed by atoms with Gasteiger partial charge in [-0.1, -0.05) is 78.7 Å². The standard InChI is InChI=1S/C16H30N2S2/c1-12(10-15(3,4)5)17-18(14(19)20-9)13(2)11-16(6,7)8/h17H,1-2,10-11H2,3-9H3. The monoisotopic (exact) mass is 314 g/mol. The predicted octanol–water partition coefficient (Wildman–Crippen LogP) is 5.34. The summed E-state index contributed by atoms with van der Waals surface area (Å²) >= 11 is 6.97. The number of hydrazine groups is 1. The molecule has 0 saturated heterocycles. The maximum atomic E-state index is 5.43. The van der Waals surface area contributed by atoms with E-state index in [1.54, 1.807) is 11.8 Å². The summed E-state index contributed by atoms with van der Waals surface area (Å²) in [6.45, 7) is 21.5. The fourth-order valence-electron chi connectivity index (χ4n) is 1.87. The summed E-state index contributed by atoms with van der Waals surface area (Å²) in [7, 11) is 0. The molecule has 0 aromatic heterocycles. The highest BCUT2D eigenvalue weighted by atomic mass is 32.2. The Morgan fingerprint density at radius 1 is 1.05 bits per heavy atom. The quantitative estimate of drug-likeness (QED) is 0.544. The third kappa shape index (κ3) is 8.64. The van der Waals surface area contributed by atoms with E-state index < -0.39 is 0 Å². The topological polar surface area (TPSA) is 15.3 Å². The zero-order chi connectivity index (χ0) is 16.1. The first-order chi connectivity index (χ1) is 8.85. The van der Waals surface area contributed by atoms with Gasteiger partial charge in [-0.3, -0.25) is 5.43 Å². The zero-order valence-electron chi connectivity index (χ0n) is 14.1. The lowest BCUT2D eigenvalue weighted by atomic mass is 9.90. The van der Waals surface area contributed by atoms with Gasteiger partial charge in [-0.2, -0.15) is 0 Å². The van der Waals surface area contributed by atoms with Crippen molar-refractivity contribution in [1.82, 2.24) is 10.4 Å². The molecule has 0 aromatic rings. The van der Waals surface area contributed by atoms with Crippen LogP contribution in [-0.4, -0.2) is 15.6 Å². The number of allylic oxidation sites excluding steroid dienone is 2. The van der Waals surface area contributed by atoms with Gasteiger partial charge in [0.2, 0.25) is 0 Å². The average molecular weight is 315 g/mol. The molecule has 1 N–H and O–H groups in total. The number of rotatable bonds is 5. The van der Waals surface area contributed by atoms with E-state index in [0.29, 0.717) is 0 Å². The number of hydrogen-bond acceptors (Lipinski definition) is 3. The van der Waals surface area contributed by atoms with E-state index in [-0.39, 0.29) is 10.8 Å². The van der Waals surface area contributed by atoms with Crippen LogP contribution in [0.3, 0.4) is 0 Å². The van der Waals surface area contributed by atoms with Crippen molar-refractivity contribution in [2.24, 2.45) is 10.8 Å². The predicted molar refractivity (Wildman–Crippen MR) is 97.5 cm³/mol. The molecule has 0 fully saturated rings. The summed E-state index contributed by atoms with van der Waals surface area (Å²) in [6.07, 6.45) is 3.75. The molecule has 0 amide bonds. The summed E-state index contributed by atoms with van der Waals surface area (Å²) in [5.41, 5.74) is 5.64. The Kier molecular flexibility index (Phi) is 7.33.